The third-order valence-electron chi connectivity index (χ3n) is 5.41. The number of anilines is 1. The van der Waals surface area contributed by atoms with Crippen molar-refractivity contribution in [3.8, 4) is 0 Å². The largest absolute Gasteiger partial charge is 0.383 e. The molecule has 2 saturated heterocycles. The van der Waals surface area contributed by atoms with Crippen LogP contribution in [0.15, 0.2) is 18.2 Å². The molecule has 0 spiro atoms. The van der Waals surface area contributed by atoms with Crippen LogP contribution in [0, 0.1) is 13.8 Å². The second kappa shape index (κ2) is 7.54. The zero-order chi connectivity index (χ0) is 18.0. The molecule has 0 aliphatic carbocycles. The molecule has 1 aromatic carbocycles. The molecule has 2 fully saturated rings. The molecule has 0 aromatic heterocycles. The van der Waals surface area contributed by atoms with Crippen molar-refractivity contribution in [1.82, 2.24) is 9.80 Å². The Morgan fingerprint density at radius 3 is 2.52 bits per heavy atom. The van der Waals surface area contributed by atoms with Crippen LogP contribution in [0.2, 0.25) is 0 Å². The maximum atomic E-state index is 12.6. The monoisotopic (exact) mass is 345 g/mol. The minimum Gasteiger partial charge on any atom is -0.383 e. The molecule has 2 aliphatic rings. The Hall–Kier alpha value is -1.92. The minimum absolute atomic E-state index is 0.0674. The molecule has 6 nitrogen and oxygen atoms in total. The number of rotatable bonds is 5. The van der Waals surface area contributed by atoms with Crippen molar-refractivity contribution in [3.05, 3.63) is 29.3 Å². The smallest absolute Gasteiger partial charge is 0.247 e. The van der Waals surface area contributed by atoms with Gasteiger partial charge in [0.25, 0.3) is 0 Å². The molecule has 0 saturated carbocycles. The molecule has 0 unspecified atom stereocenters. The number of piperazine rings is 1. The molecule has 0 N–H and O–H groups in total. The molecule has 1 atom stereocenters. The summed E-state index contributed by atoms with van der Waals surface area (Å²) < 4.78 is 5.00. The van der Waals surface area contributed by atoms with Gasteiger partial charge in [0.15, 0.2) is 0 Å². The number of likely N-dealkylation sites (tertiary alicyclic amines) is 1. The van der Waals surface area contributed by atoms with E-state index in [4.69, 9.17) is 4.74 Å². The Bertz CT molecular complexity index is 653. The first kappa shape index (κ1) is 17.9. The van der Waals surface area contributed by atoms with Crippen LogP contribution >= 0.6 is 0 Å². The predicted octanol–water partition coefficient (Wildman–Crippen LogP) is 1.20. The molecule has 25 heavy (non-hydrogen) atoms. The van der Waals surface area contributed by atoms with Crippen molar-refractivity contribution in [3.63, 3.8) is 0 Å². The second-order valence-electron chi connectivity index (χ2n) is 6.84. The first-order valence-electron chi connectivity index (χ1n) is 8.91. The van der Waals surface area contributed by atoms with E-state index in [-0.39, 0.29) is 17.9 Å². The normalized spacial score (nSPS) is 22.1. The first-order valence-corrected chi connectivity index (χ1v) is 8.91. The van der Waals surface area contributed by atoms with Gasteiger partial charge in [-0.3, -0.25) is 19.4 Å². The number of imide groups is 1. The molecule has 2 amide bonds. The van der Waals surface area contributed by atoms with Crippen LogP contribution in [0.5, 0.6) is 0 Å². The summed E-state index contributed by atoms with van der Waals surface area (Å²) in [5.74, 6) is -0.147. The van der Waals surface area contributed by atoms with Crippen LogP contribution < -0.4 is 4.90 Å². The Labute approximate surface area is 149 Å². The molecule has 6 heteroatoms. The molecule has 3 rings (SSSR count). The number of amides is 2. The fourth-order valence-corrected chi connectivity index (χ4v) is 3.72. The average Bonchev–Trinajstić information content (AvgIpc) is 2.90. The molecule has 136 valence electrons. The van der Waals surface area contributed by atoms with Gasteiger partial charge in [-0.25, -0.2) is 0 Å². The van der Waals surface area contributed by atoms with Gasteiger partial charge in [0.1, 0.15) is 0 Å². The summed E-state index contributed by atoms with van der Waals surface area (Å²) in [7, 11) is 1.58. The number of nitrogens with zero attached hydrogens (tertiary/aromatic N) is 3. The van der Waals surface area contributed by atoms with E-state index in [0.29, 0.717) is 19.6 Å². The lowest BCUT2D eigenvalue weighted by Gasteiger charge is -2.38. The van der Waals surface area contributed by atoms with Crippen LogP contribution in [-0.4, -0.2) is 74.1 Å². The quantitative estimate of drug-likeness (QED) is 0.751. The third-order valence-corrected chi connectivity index (χ3v) is 5.41. The van der Waals surface area contributed by atoms with E-state index >= 15 is 0 Å². The highest BCUT2D eigenvalue weighted by atomic mass is 16.5. The molecule has 2 aliphatic heterocycles. The zero-order valence-corrected chi connectivity index (χ0v) is 15.3. The number of carbonyl (C=O) groups excluding carboxylic acids is 2. The SMILES string of the molecule is COCCN1C(=O)C[C@@H](N2CCN(c3cccc(C)c3C)CC2)C1=O. The van der Waals surface area contributed by atoms with Crippen LogP contribution in [0.1, 0.15) is 17.5 Å². The first-order chi connectivity index (χ1) is 12.0. The van der Waals surface area contributed by atoms with Crippen molar-refractivity contribution in [2.24, 2.45) is 0 Å². The van der Waals surface area contributed by atoms with E-state index in [0.717, 1.165) is 26.2 Å². The number of ether oxygens (including phenoxy) is 1. The van der Waals surface area contributed by atoms with Crippen molar-refractivity contribution < 1.29 is 14.3 Å². The van der Waals surface area contributed by atoms with Crippen molar-refractivity contribution in [2.75, 3.05) is 51.3 Å². The van der Waals surface area contributed by atoms with Crippen LogP contribution in [0.25, 0.3) is 0 Å². The van der Waals surface area contributed by atoms with E-state index in [1.807, 2.05) is 0 Å². The summed E-state index contributed by atoms with van der Waals surface area (Å²) >= 11 is 0. The molecule has 0 radical (unpaired) electrons. The van der Waals surface area contributed by atoms with Gasteiger partial charge >= 0.3 is 0 Å². The highest BCUT2D eigenvalue weighted by Crippen LogP contribution is 2.26. The Morgan fingerprint density at radius 2 is 1.84 bits per heavy atom. The van der Waals surface area contributed by atoms with Gasteiger partial charge < -0.3 is 9.64 Å². The predicted molar refractivity (Wildman–Crippen MR) is 96.7 cm³/mol. The van der Waals surface area contributed by atoms with Gasteiger partial charge in [-0.05, 0) is 31.0 Å². The lowest BCUT2D eigenvalue weighted by Crippen LogP contribution is -2.52. The van der Waals surface area contributed by atoms with Gasteiger partial charge in [-0.1, -0.05) is 12.1 Å². The Kier molecular flexibility index (Phi) is 5.39. The van der Waals surface area contributed by atoms with Crippen LogP contribution in [0.3, 0.4) is 0 Å². The Balaban J connectivity index is 1.62. The topological polar surface area (TPSA) is 53.1 Å². The summed E-state index contributed by atoms with van der Waals surface area (Å²) in [6, 6.07) is 6.09. The standard InChI is InChI=1S/C19H27N3O3/c1-14-5-4-6-16(15(14)2)20-7-9-21(10-8-20)17-13-18(23)22(19(17)24)11-12-25-3/h4-6,17H,7-13H2,1-3H3/t17-/m1/s1. The van der Waals surface area contributed by atoms with Crippen molar-refractivity contribution in [2.45, 2.75) is 26.3 Å². The van der Waals surface area contributed by atoms with Gasteiger partial charge in [0.2, 0.25) is 11.8 Å². The number of benzene rings is 1. The maximum absolute atomic E-state index is 12.6. The summed E-state index contributed by atoms with van der Waals surface area (Å²) in [5.41, 5.74) is 3.88. The maximum Gasteiger partial charge on any atom is 0.247 e. The van der Waals surface area contributed by atoms with E-state index in [1.165, 1.54) is 21.7 Å². The summed E-state index contributed by atoms with van der Waals surface area (Å²) in [5, 5.41) is 0. The molecule has 2 heterocycles. The number of aryl methyl sites for hydroxylation is 1. The van der Waals surface area contributed by atoms with E-state index in [1.54, 1.807) is 7.11 Å². The second-order valence-corrected chi connectivity index (χ2v) is 6.84. The summed E-state index contributed by atoms with van der Waals surface area (Å²) in [6.07, 6.45) is 0.298. The van der Waals surface area contributed by atoms with Gasteiger partial charge in [-0.15, -0.1) is 0 Å². The number of hydrogen-bond acceptors (Lipinski definition) is 5. The molecule has 1 aromatic rings. The molecular weight excluding hydrogens is 318 g/mol. The van der Waals surface area contributed by atoms with E-state index in [2.05, 4.69) is 41.8 Å². The number of carbonyl (C=O) groups is 2. The van der Waals surface area contributed by atoms with Crippen LogP contribution in [-0.2, 0) is 14.3 Å². The summed E-state index contributed by atoms with van der Waals surface area (Å²) in [6.45, 7) is 8.39. The Morgan fingerprint density at radius 1 is 1.12 bits per heavy atom. The van der Waals surface area contributed by atoms with Crippen molar-refractivity contribution in [1.29, 1.82) is 0 Å². The van der Waals surface area contributed by atoms with Gasteiger partial charge in [-0.2, -0.15) is 0 Å². The van der Waals surface area contributed by atoms with Crippen LogP contribution in [0.4, 0.5) is 5.69 Å². The fourth-order valence-electron chi connectivity index (χ4n) is 3.72. The average molecular weight is 345 g/mol. The fraction of sp³-hybridized carbons (Fsp3) is 0.579. The minimum atomic E-state index is -0.301. The lowest BCUT2D eigenvalue weighted by molar-refractivity contribution is -0.140. The number of hydrogen-bond donors (Lipinski definition) is 0. The molecule has 0 bridgehead atoms. The van der Waals surface area contributed by atoms with Gasteiger partial charge in [0.05, 0.1) is 25.6 Å². The number of methoxy groups -OCH3 is 1. The highest BCUT2D eigenvalue weighted by molar-refractivity contribution is 6.05. The molecular formula is C19H27N3O3. The van der Waals surface area contributed by atoms with E-state index in [9.17, 15) is 9.59 Å². The third kappa shape index (κ3) is 3.55. The lowest BCUT2D eigenvalue weighted by atomic mass is 10.1. The highest BCUT2D eigenvalue weighted by Gasteiger charge is 2.42. The zero-order valence-electron chi connectivity index (χ0n) is 15.3. The summed E-state index contributed by atoms with van der Waals surface area (Å²) in [4.78, 5) is 30.6. The van der Waals surface area contributed by atoms with Crippen molar-refractivity contribution >= 4 is 17.5 Å². The van der Waals surface area contributed by atoms with E-state index < -0.39 is 0 Å². The van der Waals surface area contributed by atoms with Gasteiger partial charge in [0, 0.05) is 39.0 Å².